The van der Waals surface area contributed by atoms with E-state index in [0.717, 1.165) is 106 Å². The molecule has 8 aliphatic carbocycles. The van der Waals surface area contributed by atoms with Crippen molar-refractivity contribution in [3.63, 3.8) is 0 Å². The maximum atomic E-state index is 14.3. The van der Waals surface area contributed by atoms with Crippen molar-refractivity contribution in [1.82, 2.24) is 10.0 Å². The van der Waals surface area contributed by atoms with Gasteiger partial charge in [0, 0.05) is 13.1 Å². The summed E-state index contributed by atoms with van der Waals surface area (Å²) < 4.78 is 0. The van der Waals surface area contributed by atoms with Crippen molar-refractivity contribution in [2.75, 3.05) is 13.1 Å². The zero-order chi connectivity index (χ0) is 20.8. The van der Waals surface area contributed by atoms with Gasteiger partial charge in [0.25, 0.3) is 0 Å². The van der Waals surface area contributed by atoms with Gasteiger partial charge in [0.1, 0.15) is 0 Å². The molecule has 0 aromatic carbocycles. The number of rotatable bonds is 2. The third kappa shape index (κ3) is 2.91. The van der Waals surface area contributed by atoms with Crippen molar-refractivity contribution < 1.29 is 9.59 Å². The minimum absolute atomic E-state index is 0.140. The van der Waals surface area contributed by atoms with E-state index in [1.807, 2.05) is 10.0 Å². The zero-order valence-corrected chi connectivity index (χ0v) is 19.2. The predicted octanol–water partition coefficient (Wildman–Crippen LogP) is 5.18. The number of carbonyl (C=O) groups is 2. The first kappa shape index (κ1) is 19.4. The quantitative estimate of drug-likeness (QED) is 0.613. The molecule has 31 heavy (non-hydrogen) atoms. The van der Waals surface area contributed by atoms with Gasteiger partial charge in [0.15, 0.2) is 0 Å². The first-order valence-electron chi connectivity index (χ1n) is 13.7. The van der Waals surface area contributed by atoms with Crippen LogP contribution in [0.5, 0.6) is 0 Å². The highest BCUT2D eigenvalue weighted by molar-refractivity contribution is 5.89. The molecule has 4 nitrogen and oxygen atoms in total. The Morgan fingerprint density at radius 3 is 1.06 bits per heavy atom. The molecule has 8 saturated carbocycles. The summed E-state index contributed by atoms with van der Waals surface area (Å²) in [5, 5.41) is 4.09. The van der Waals surface area contributed by atoms with Crippen LogP contribution in [0, 0.1) is 46.3 Å². The minimum Gasteiger partial charge on any atom is -0.272 e. The first-order valence-corrected chi connectivity index (χ1v) is 13.7. The number of carbonyl (C=O) groups excluding carboxylic acids is 2. The molecule has 1 aliphatic heterocycles. The Morgan fingerprint density at radius 2 is 0.774 bits per heavy atom. The van der Waals surface area contributed by atoms with Crippen LogP contribution in [-0.2, 0) is 9.59 Å². The molecular weight excluding hydrogens is 384 g/mol. The van der Waals surface area contributed by atoms with Gasteiger partial charge in [0.05, 0.1) is 10.8 Å². The summed E-state index contributed by atoms with van der Waals surface area (Å²) in [4.78, 5) is 28.6. The highest BCUT2D eigenvalue weighted by Gasteiger charge is 2.59. The lowest BCUT2D eigenvalue weighted by molar-refractivity contribution is -0.191. The highest BCUT2D eigenvalue weighted by Crippen LogP contribution is 2.62. The number of hydrazine groups is 1. The van der Waals surface area contributed by atoms with Crippen molar-refractivity contribution in [2.45, 2.75) is 96.3 Å². The Hall–Kier alpha value is -1.06. The second kappa shape index (κ2) is 6.73. The fraction of sp³-hybridized carbons (Fsp3) is 0.926. The molecule has 170 valence electrons. The van der Waals surface area contributed by atoms with Crippen LogP contribution in [0.25, 0.3) is 0 Å². The summed E-state index contributed by atoms with van der Waals surface area (Å²) in [5.41, 5.74) is -0.280. The Labute approximate surface area is 187 Å². The lowest BCUT2D eigenvalue weighted by atomic mass is 9.49. The Bertz CT molecular complexity index is 654. The smallest absolute Gasteiger partial charge is 0.247 e. The average Bonchev–Trinajstić information content (AvgIpc) is 2.96. The lowest BCUT2D eigenvalue weighted by Gasteiger charge is -2.59. The number of hydrogen-bond donors (Lipinski definition) is 0. The van der Waals surface area contributed by atoms with Crippen LogP contribution >= 0.6 is 0 Å². The number of amides is 2. The van der Waals surface area contributed by atoms with Crippen LogP contribution in [0.4, 0.5) is 0 Å². The molecule has 1 saturated heterocycles. The Kier molecular flexibility index (Phi) is 4.21. The molecule has 0 atom stereocenters. The molecule has 9 fully saturated rings. The van der Waals surface area contributed by atoms with Crippen molar-refractivity contribution in [3.8, 4) is 0 Å². The van der Waals surface area contributed by atoms with E-state index in [1.54, 1.807) is 0 Å². The molecule has 1 heterocycles. The lowest BCUT2D eigenvalue weighted by Crippen LogP contribution is -2.63. The molecule has 8 bridgehead atoms. The number of nitrogens with zero attached hydrogens (tertiary/aromatic N) is 2. The highest BCUT2D eigenvalue weighted by atomic mass is 16.2. The van der Waals surface area contributed by atoms with Gasteiger partial charge in [-0.05, 0) is 132 Å². The van der Waals surface area contributed by atoms with Crippen LogP contribution in [0.15, 0.2) is 0 Å². The van der Waals surface area contributed by atoms with Crippen LogP contribution in [0.3, 0.4) is 0 Å². The van der Waals surface area contributed by atoms with Crippen LogP contribution in [0.2, 0.25) is 0 Å². The summed E-state index contributed by atoms with van der Waals surface area (Å²) >= 11 is 0. The average molecular weight is 425 g/mol. The number of hydrogen-bond acceptors (Lipinski definition) is 2. The summed E-state index contributed by atoms with van der Waals surface area (Å²) in [7, 11) is 0. The largest absolute Gasteiger partial charge is 0.272 e. The van der Waals surface area contributed by atoms with Gasteiger partial charge < -0.3 is 0 Å². The summed E-state index contributed by atoms with van der Waals surface area (Å²) in [5.74, 6) is 5.34. The predicted molar refractivity (Wildman–Crippen MR) is 118 cm³/mol. The van der Waals surface area contributed by atoms with Gasteiger partial charge in [-0.25, -0.2) is 0 Å². The van der Waals surface area contributed by atoms with Gasteiger partial charge in [-0.15, -0.1) is 0 Å². The summed E-state index contributed by atoms with van der Waals surface area (Å²) in [6.07, 6.45) is 18.1. The molecule has 4 heteroatoms. The fourth-order valence-corrected chi connectivity index (χ4v) is 10.7. The second-order valence-electron chi connectivity index (χ2n) is 13.3. The van der Waals surface area contributed by atoms with E-state index in [-0.39, 0.29) is 10.8 Å². The van der Waals surface area contributed by atoms with E-state index in [9.17, 15) is 9.59 Å². The van der Waals surface area contributed by atoms with E-state index in [2.05, 4.69) is 0 Å². The van der Waals surface area contributed by atoms with Gasteiger partial charge in [0.2, 0.25) is 11.8 Å². The molecule has 9 aliphatic rings. The van der Waals surface area contributed by atoms with E-state index in [0.29, 0.717) is 11.8 Å². The van der Waals surface area contributed by atoms with Crippen LogP contribution < -0.4 is 0 Å². The van der Waals surface area contributed by atoms with Crippen molar-refractivity contribution in [1.29, 1.82) is 0 Å². The maximum Gasteiger partial charge on any atom is 0.247 e. The van der Waals surface area contributed by atoms with Gasteiger partial charge in [-0.3, -0.25) is 19.6 Å². The molecule has 2 amide bonds. The van der Waals surface area contributed by atoms with E-state index in [4.69, 9.17) is 0 Å². The molecule has 0 N–H and O–H groups in total. The molecule has 0 radical (unpaired) electrons. The Balaban J connectivity index is 1.19. The fourth-order valence-electron chi connectivity index (χ4n) is 10.7. The molecular formula is C27H40N2O2. The summed E-state index contributed by atoms with van der Waals surface area (Å²) in [6.45, 7) is 1.55. The third-order valence-electron chi connectivity index (χ3n) is 11.0. The first-order chi connectivity index (χ1) is 15.0. The van der Waals surface area contributed by atoms with Crippen LogP contribution in [0.1, 0.15) is 96.3 Å². The SMILES string of the molecule is O=C(N1CCCCCN1C(=O)C12CC3CC(CC(C3)C1)C2)C12CC3CC(CC(C3)C1)C2. The van der Waals surface area contributed by atoms with Crippen molar-refractivity contribution >= 4 is 11.8 Å². The van der Waals surface area contributed by atoms with Crippen LogP contribution in [-0.4, -0.2) is 34.9 Å². The third-order valence-corrected chi connectivity index (χ3v) is 11.0. The molecule has 9 rings (SSSR count). The second-order valence-corrected chi connectivity index (χ2v) is 13.3. The maximum absolute atomic E-state index is 14.3. The van der Waals surface area contributed by atoms with E-state index >= 15 is 0 Å². The molecule has 0 spiro atoms. The van der Waals surface area contributed by atoms with Gasteiger partial charge in [-0.2, -0.15) is 0 Å². The van der Waals surface area contributed by atoms with Gasteiger partial charge in [-0.1, -0.05) is 0 Å². The molecule has 0 aromatic heterocycles. The minimum atomic E-state index is -0.140. The van der Waals surface area contributed by atoms with Gasteiger partial charge >= 0.3 is 0 Å². The normalized spacial score (nSPS) is 50.1. The standard InChI is InChI=1S/C27H40N2O2/c30-24(26-12-18-6-19(13-26)8-20(7-18)14-26)28-4-2-1-3-5-29(28)25(31)27-15-21-9-22(16-27)11-23(10-21)17-27/h18-23H,1-17H2. The summed E-state index contributed by atoms with van der Waals surface area (Å²) in [6, 6.07) is 0. The molecule has 0 unspecified atom stereocenters. The Morgan fingerprint density at radius 1 is 0.484 bits per heavy atom. The molecule has 0 aromatic rings. The topological polar surface area (TPSA) is 40.6 Å². The monoisotopic (exact) mass is 424 g/mol. The van der Waals surface area contributed by atoms with Crippen molar-refractivity contribution in [2.24, 2.45) is 46.3 Å². The zero-order valence-electron chi connectivity index (χ0n) is 19.2. The van der Waals surface area contributed by atoms with E-state index in [1.165, 1.54) is 38.5 Å². The van der Waals surface area contributed by atoms with E-state index < -0.39 is 0 Å². The van der Waals surface area contributed by atoms with Crippen molar-refractivity contribution in [3.05, 3.63) is 0 Å².